The quantitative estimate of drug-likeness (QED) is 0.480. The third-order valence-electron chi connectivity index (χ3n) is 4.11. The van der Waals surface area contributed by atoms with Crippen LogP contribution in [-0.4, -0.2) is 10.2 Å². The first kappa shape index (κ1) is 20.4. The number of hydrogen-bond acceptors (Lipinski definition) is 0. The predicted molar refractivity (Wildman–Crippen MR) is 92.4 cm³/mol. The van der Waals surface area contributed by atoms with Gasteiger partial charge in [0.05, 0.1) is 0 Å². The molecule has 2 rings (SSSR count). The van der Waals surface area contributed by atoms with Crippen molar-refractivity contribution in [2.75, 3.05) is 0 Å². The van der Waals surface area contributed by atoms with Gasteiger partial charge in [0.25, 0.3) is 0 Å². The molecule has 1 aromatic rings. The Morgan fingerprint density at radius 3 is 2.10 bits per heavy atom. The number of hydrogen-bond donors (Lipinski definition) is 0. The zero-order valence-electron chi connectivity index (χ0n) is 14.1. The van der Waals surface area contributed by atoms with Crippen LogP contribution in [0.25, 0.3) is 5.57 Å². The van der Waals surface area contributed by atoms with Crippen molar-refractivity contribution in [3.63, 3.8) is 0 Å². The number of aryl methyl sites for hydroxylation is 2. The molecule has 0 amide bonds. The molecule has 0 aromatic heterocycles. The average Bonchev–Trinajstić information content (AvgIpc) is 2.63. The molecule has 0 bridgehead atoms. The van der Waals surface area contributed by atoms with Crippen LogP contribution in [0, 0.1) is 20.8 Å². The van der Waals surface area contributed by atoms with Crippen LogP contribution in [-0.2, 0) is 21.7 Å². The van der Waals surface area contributed by atoms with Gasteiger partial charge in [0.1, 0.15) is 0 Å². The summed E-state index contributed by atoms with van der Waals surface area (Å²) in [7, 11) is 3.86. The van der Waals surface area contributed by atoms with Gasteiger partial charge in [0, 0.05) is 32.0 Å². The molecule has 0 aliphatic heterocycles. The van der Waals surface area contributed by atoms with Crippen LogP contribution < -0.4 is 0 Å². The Hall–Kier alpha value is -0.629. The van der Waals surface area contributed by atoms with E-state index in [1.807, 2.05) is 19.1 Å². The van der Waals surface area contributed by atoms with E-state index in [0.29, 0.717) is 5.54 Å². The summed E-state index contributed by atoms with van der Waals surface area (Å²) in [4.78, 5) is 0. The molecular weight excluding hydrogens is 304 g/mol. The molecule has 0 heterocycles. The van der Waals surface area contributed by atoms with Crippen molar-refractivity contribution in [2.24, 2.45) is 0 Å². The molecule has 1 aliphatic rings. The first-order valence-corrected chi connectivity index (χ1v) is 7.67. The Labute approximate surface area is 148 Å². The van der Waals surface area contributed by atoms with Gasteiger partial charge in [-0.05, 0) is 80.5 Å². The van der Waals surface area contributed by atoms with E-state index in [4.69, 9.17) is 0 Å². The van der Waals surface area contributed by atoms with E-state index in [9.17, 15) is 0 Å². The van der Waals surface area contributed by atoms with Crippen LogP contribution in [0.3, 0.4) is 0 Å². The minimum Gasteiger partial charge on any atom is -0.0991 e. The van der Waals surface area contributed by atoms with E-state index in [-0.39, 0.29) is 21.7 Å². The Morgan fingerprint density at radius 2 is 1.67 bits per heavy atom. The summed E-state index contributed by atoms with van der Waals surface area (Å²) >= 11 is 0. The van der Waals surface area contributed by atoms with Crippen molar-refractivity contribution in [3.05, 3.63) is 64.3 Å². The van der Waals surface area contributed by atoms with E-state index in [1.54, 1.807) is 6.08 Å². The first-order chi connectivity index (χ1) is 9.36. The van der Waals surface area contributed by atoms with Gasteiger partial charge < -0.3 is 0 Å². The molecule has 0 fully saturated rings. The second kappa shape index (κ2) is 8.73. The minimum atomic E-state index is 0. The van der Waals surface area contributed by atoms with E-state index in [1.165, 1.54) is 39.0 Å². The fourth-order valence-corrected chi connectivity index (χ4v) is 3.32. The van der Waals surface area contributed by atoms with Gasteiger partial charge >= 0.3 is 0 Å². The smallest absolute Gasteiger partial charge is 0.0392 e. The van der Waals surface area contributed by atoms with Crippen LogP contribution in [0.15, 0.2) is 36.4 Å². The average molecular weight is 329 g/mol. The zero-order valence-corrected chi connectivity index (χ0v) is 16.7. The Kier molecular flexibility index (Phi) is 8.47. The van der Waals surface area contributed by atoms with Crippen molar-refractivity contribution >= 4 is 15.8 Å². The Balaban J connectivity index is 0.000000583. The van der Waals surface area contributed by atoms with E-state index >= 15 is 0 Å². The van der Waals surface area contributed by atoms with E-state index < -0.39 is 0 Å². The standard InChI is InChI=1S/C14H17Si.C5H8.Ti/c1-7-6-8(2)12-10(4)11(5)14(15)13(12)9(7)3;1-3-5-4-2;/h6,14H,1-5H3;3-5H,1H2,2H3;. The maximum atomic E-state index is 3.86. The van der Waals surface area contributed by atoms with Crippen molar-refractivity contribution in [1.82, 2.24) is 0 Å². The number of rotatable bonds is 1. The maximum Gasteiger partial charge on any atom is 0.0392 e. The second-order valence-electron chi connectivity index (χ2n) is 5.43. The summed E-state index contributed by atoms with van der Waals surface area (Å²) in [5.41, 5.74) is 10.5. The monoisotopic (exact) mass is 329 g/mol. The van der Waals surface area contributed by atoms with Gasteiger partial charge in [-0.2, -0.15) is 0 Å². The molecular formula is C19H25SiTi. The molecule has 0 nitrogen and oxygen atoms in total. The van der Waals surface area contributed by atoms with Crippen LogP contribution >= 0.6 is 0 Å². The predicted octanol–water partition coefficient (Wildman–Crippen LogP) is 5.37. The Bertz CT molecular complexity index is 580. The molecule has 0 spiro atoms. The summed E-state index contributed by atoms with van der Waals surface area (Å²) in [6, 6.07) is 2.30. The molecule has 0 saturated carbocycles. The molecule has 109 valence electrons. The van der Waals surface area contributed by atoms with E-state index in [0.717, 1.165) is 0 Å². The molecule has 1 aromatic carbocycles. The molecule has 2 heteroatoms. The molecule has 1 atom stereocenters. The van der Waals surface area contributed by atoms with Crippen molar-refractivity contribution in [2.45, 2.75) is 47.1 Å². The van der Waals surface area contributed by atoms with Gasteiger partial charge in [0.15, 0.2) is 0 Å². The topological polar surface area (TPSA) is 0 Å². The molecule has 21 heavy (non-hydrogen) atoms. The third kappa shape index (κ3) is 4.19. The van der Waals surface area contributed by atoms with Crippen molar-refractivity contribution in [1.29, 1.82) is 0 Å². The van der Waals surface area contributed by atoms with Gasteiger partial charge in [-0.25, -0.2) is 0 Å². The summed E-state index contributed by atoms with van der Waals surface area (Å²) < 4.78 is 0. The molecule has 1 unspecified atom stereocenters. The van der Waals surface area contributed by atoms with Crippen LogP contribution in [0.2, 0.25) is 0 Å². The number of fused-ring (bicyclic) bond motifs is 1. The number of allylic oxidation sites excluding steroid dienone is 5. The van der Waals surface area contributed by atoms with Gasteiger partial charge in [-0.15, -0.1) is 0 Å². The summed E-state index contributed by atoms with van der Waals surface area (Å²) in [5.74, 6) is 0. The maximum absolute atomic E-state index is 3.86. The van der Waals surface area contributed by atoms with Crippen LogP contribution in [0.4, 0.5) is 0 Å². The normalized spacial score (nSPS) is 16.2. The SMILES string of the molecule is C=CC=CC.CC1=C(C)C([Si])c2c(C)c(C)cc(C)c21.[Ti]. The summed E-state index contributed by atoms with van der Waals surface area (Å²) in [5, 5.41) is 0. The largest absolute Gasteiger partial charge is 0.0991 e. The molecule has 0 N–H and O–H groups in total. The van der Waals surface area contributed by atoms with Crippen LogP contribution in [0.5, 0.6) is 0 Å². The molecule has 1 aliphatic carbocycles. The number of benzene rings is 1. The zero-order chi connectivity index (χ0) is 15.4. The second-order valence-corrected chi connectivity index (χ2v) is 6.00. The van der Waals surface area contributed by atoms with Crippen molar-refractivity contribution in [3.8, 4) is 0 Å². The van der Waals surface area contributed by atoms with Gasteiger partial charge in [0.2, 0.25) is 0 Å². The minimum absolute atomic E-state index is 0. The fourth-order valence-electron chi connectivity index (χ4n) is 2.74. The molecule has 3 radical (unpaired) electrons. The van der Waals surface area contributed by atoms with E-state index in [2.05, 4.69) is 57.5 Å². The summed E-state index contributed by atoms with van der Waals surface area (Å²) in [6.45, 7) is 16.5. The van der Waals surface area contributed by atoms with Gasteiger partial charge in [-0.3, -0.25) is 0 Å². The summed E-state index contributed by atoms with van der Waals surface area (Å²) in [6.07, 6.45) is 5.58. The fraction of sp³-hybridized carbons (Fsp3) is 0.368. The first-order valence-electron chi connectivity index (χ1n) is 7.10. The molecule has 0 saturated heterocycles. The Morgan fingerprint density at radius 1 is 1.10 bits per heavy atom. The van der Waals surface area contributed by atoms with Gasteiger partial charge in [-0.1, -0.05) is 36.4 Å². The van der Waals surface area contributed by atoms with Crippen LogP contribution in [0.1, 0.15) is 54.1 Å². The third-order valence-corrected chi connectivity index (χ3v) is 4.83. The van der Waals surface area contributed by atoms with Crippen molar-refractivity contribution < 1.29 is 21.7 Å².